The van der Waals surface area contributed by atoms with Gasteiger partial charge in [-0.2, -0.15) is 9.37 Å². The number of anilines is 1. The molecule has 0 bridgehead atoms. The van der Waals surface area contributed by atoms with Gasteiger partial charge < -0.3 is 35.4 Å². The smallest absolute Gasteiger partial charge is 0.394 e. The molecule has 8 atom stereocenters. The second kappa shape index (κ2) is 10.7. The molecule has 0 aliphatic carbocycles. The van der Waals surface area contributed by atoms with Gasteiger partial charge in [0.1, 0.15) is 36.5 Å². The average Bonchev–Trinajstić information content (AvgIpc) is 3.38. The molecule has 0 aromatic carbocycles. The van der Waals surface area contributed by atoms with E-state index in [1.807, 2.05) is 5.92 Å². The van der Waals surface area contributed by atoms with Gasteiger partial charge in [0, 0.05) is 12.6 Å². The van der Waals surface area contributed by atoms with Crippen LogP contribution in [-0.2, 0) is 23.1 Å². The van der Waals surface area contributed by atoms with Crippen LogP contribution < -0.4 is 22.7 Å². The van der Waals surface area contributed by atoms with Crippen LogP contribution in [0.1, 0.15) is 18.9 Å². The molecule has 2 aliphatic rings. The summed E-state index contributed by atoms with van der Waals surface area (Å²) in [5.41, 5.74) is -0.297. The van der Waals surface area contributed by atoms with Crippen LogP contribution in [0.4, 0.5) is 10.2 Å². The lowest BCUT2D eigenvalue weighted by Crippen LogP contribution is -2.48. The summed E-state index contributed by atoms with van der Waals surface area (Å²) < 4.78 is 48.7. The quantitative estimate of drug-likeness (QED) is 0.135. The van der Waals surface area contributed by atoms with E-state index in [9.17, 15) is 43.6 Å². The van der Waals surface area contributed by atoms with Crippen molar-refractivity contribution in [3.63, 3.8) is 0 Å². The number of rotatable bonds is 8. The Kier molecular flexibility index (Phi) is 7.91. The number of aromatic nitrogens is 4. The van der Waals surface area contributed by atoms with Gasteiger partial charge in [0.25, 0.3) is 5.56 Å². The molecular weight excluding hydrogens is 552 g/mol. The fourth-order valence-corrected chi connectivity index (χ4v) is 5.07. The molecule has 17 nitrogen and oxygen atoms in total. The number of nitrogens with one attached hydrogen (secondary N) is 1. The summed E-state index contributed by atoms with van der Waals surface area (Å²) in [6, 6.07) is 1.22. The fourth-order valence-electron chi connectivity index (χ4n) is 4.12. The van der Waals surface area contributed by atoms with Crippen molar-refractivity contribution in [2.24, 2.45) is 0 Å². The molecular formula is C20H23FN5O12P. The number of aliphatic hydroxyl groups excluding tert-OH is 2. The zero-order valence-corrected chi connectivity index (χ0v) is 20.6. The molecule has 39 heavy (non-hydrogen) atoms. The highest BCUT2D eigenvalue weighted by molar-refractivity contribution is 7.47. The number of phosphoric acid groups is 1. The minimum absolute atomic E-state index is 0.121. The van der Waals surface area contributed by atoms with E-state index < -0.39 is 86.3 Å². The summed E-state index contributed by atoms with van der Waals surface area (Å²) in [7, 11) is -5.04. The molecule has 7 N–H and O–H groups in total. The highest BCUT2D eigenvalue weighted by Crippen LogP contribution is 2.49. The fraction of sp³-hybridized carbons (Fsp3) is 0.500. The maximum Gasteiger partial charge on any atom is 0.472 e. The third-order valence-electron chi connectivity index (χ3n) is 6.13. The maximum atomic E-state index is 13.7. The van der Waals surface area contributed by atoms with Gasteiger partial charge in [-0.1, -0.05) is 5.92 Å². The van der Waals surface area contributed by atoms with Crippen molar-refractivity contribution in [2.75, 3.05) is 18.9 Å². The molecule has 1 unspecified atom stereocenters. The summed E-state index contributed by atoms with van der Waals surface area (Å²) in [5, 5.41) is 31.0. The number of terminal acetylenes is 1. The highest BCUT2D eigenvalue weighted by Gasteiger charge is 2.56. The molecule has 2 aromatic rings. The molecule has 2 saturated heterocycles. The van der Waals surface area contributed by atoms with Crippen LogP contribution in [0.2, 0.25) is 0 Å². The Hall–Kier alpha value is -3.24. The van der Waals surface area contributed by atoms with Crippen LogP contribution in [0.25, 0.3) is 0 Å². The van der Waals surface area contributed by atoms with E-state index in [4.69, 9.17) is 30.7 Å². The lowest BCUT2D eigenvalue weighted by molar-refractivity contribution is -0.0681. The third kappa shape index (κ3) is 5.58. The number of nitrogens with zero attached hydrogens (tertiary/aromatic N) is 3. The van der Waals surface area contributed by atoms with E-state index in [2.05, 4.69) is 4.98 Å². The molecule has 0 amide bonds. The van der Waals surface area contributed by atoms with Crippen molar-refractivity contribution in [3.8, 4) is 12.3 Å². The van der Waals surface area contributed by atoms with Gasteiger partial charge >= 0.3 is 19.2 Å². The lowest BCUT2D eigenvalue weighted by Gasteiger charge is -2.26. The van der Waals surface area contributed by atoms with Gasteiger partial charge in [0.2, 0.25) is 5.82 Å². The molecule has 0 saturated carbocycles. The van der Waals surface area contributed by atoms with Gasteiger partial charge in [-0.3, -0.25) is 28.0 Å². The standard InChI is InChI=1S/C20H23FN5O12P/c1-2-20(32)12(37-17(15(20)28)25-4-3-13(22)23-18(25)30)8-35-39(33,34)38-10-5-14(36-11(10)7-27)26-6-9(21)16(29)24-19(26)31/h1,3-4,6,10-12,14-15,17,27-28,32H,5,7-8H2,(H,33,34)(H2,22,23,30)(H,24,29,31)/t10-,11-,12+,14-,15+,17+,20-/m0/s1. The van der Waals surface area contributed by atoms with Crippen molar-refractivity contribution in [1.29, 1.82) is 0 Å². The zero-order chi connectivity index (χ0) is 28.7. The van der Waals surface area contributed by atoms with Crippen molar-refractivity contribution >= 4 is 13.6 Å². The van der Waals surface area contributed by atoms with E-state index in [0.29, 0.717) is 10.8 Å². The number of halogens is 1. The van der Waals surface area contributed by atoms with Gasteiger partial charge in [0.15, 0.2) is 11.8 Å². The largest absolute Gasteiger partial charge is 0.472 e. The zero-order valence-electron chi connectivity index (χ0n) is 19.7. The Morgan fingerprint density at radius 1 is 1.36 bits per heavy atom. The van der Waals surface area contributed by atoms with Crippen LogP contribution >= 0.6 is 7.82 Å². The van der Waals surface area contributed by atoms with E-state index in [0.717, 1.165) is 10.8 Å². The summed E-state index contributed by atoms with van der Waals surface area (Å²) in [4.78, 5) is 50.9. The minimum Gasteiger partial charge on any atom is -0.394 e. The molecule has 4 rings (SSSR count). The lowest BCUT2D eigenvalue weighted by atomic mass is 9.93. The van der Waals surface area contributed by atoms with Crippen LogP contribution in [0.3, 0.4) is 0 Å². The number of phosphoric ester groups is 1. The first-order chi connectivity index (χ1) is 18.3. The molecule has 0 spiro atoms. The van der Waals surface area contributed by atoms with Crippen molar-refractivity contribution in [1.82, 2.24) is 19.1 Å². The second-order valence-corrected chi connectivity index (χ2v) is 9.98. The molecule has 19 heteroatoms. The van der Waals surface area contributed by atoms with E-state index in [-0.39, 0.29) is 12.2 Å². The number of H-pyrrole nitrogens is 1. The number of aliphatic hydroxyl groups is 3. The Balaban J connectivity index is 1.46. The van der Waals surface area contributed by atoms with Crippen LogP contribution in [0, 0.1) is 18.2 Å². The molecule has 212 valence electrons. The second-order valence-electron chi connectivity index (χ2n) is 8.57. The first kappa shape index (κ1) is 28.8. The van der Waals surface area contributed by atoms with Crippen LogP contribution in [-0.4, -0.2) is 82.5 Å². The van der Waals surface area contributed by atoms with Crippen molar-refractivity contribution in [3.05, 3.63) is 55.6 Å². The van der Waals surface area contributed by atoms with Crippen LogP contribution in [0.5, 0.6) is 0 Å². The van der Waals surface area contributed by atoms with Crippen LogP contribution in [0.15, 0.2) is 32.8 Å². The first-order valence-corrected chi connectivity index (χ1v) is 12.6. The summed E-state index contributed by atoms with van der Waals surface area (Å²) in [6.07, 6.45) is -2.36. The molecule has 4 heterocycles. The highest BCUT2D eigenvalue weighted by atomic mass is 31.2. The predicted molar refractivity (Wildman–Crippen MR) is 124 cm³/mol. The van der Waals surface area contributed by atoms with Gasteiger partial charge in [0.05, 0.1) is 19.4 Å². The Morgan fingerprint density at radius 2 is 2.08 bits per heavy atom. The average molecular weight is 575 g/mol. The third-order valence-corrected chi connectivity index (χ3v) is 7.14. The number of hydrogen-bond donors (Lipinski definition) is 6. The number of nitrogen functional groups attached to an aromatic ring is 1. The monoisotopic (exact) mass is 575 g/mol. The van der Waals surface area contributed by atoms with Gasteiger partial charge in [-0.25, -0.2) is 14.2 Å². The SMILES string of the molecule is C#C[C@@]1(O)[C@H](O)[C@H](n2ccc(N)nc2=O)O[C@@H]1COP(=O)(O)O[C@H]1C[C@@H](n2cc(F)c(=O)[nH]c2=O)O[C@H]1CO. The van der Waals surface area contributed by atoms with Gasteiger partial charge in [-0.15, -0.1) is 6.42 Å². The maximum absolute atomic E-state index is 13.7. The summed E-state index contributed by atoms with van der Waals surface area (Å²) >= 11 is 0. The van der Waals surface area contributed by atoms with E-state index in [1.54, 1.807) is 4.98 Å². The molecule has 2 fully saturated rings. The van der Waals surface area contributed by atoms with E-state index >= 15 is 0 Å². The Morgan fingerprint density at radius 3 is 2.72 bits per heavy atom. The number of nitrogens with two attached hydrogens (primary N) is 1. The number of aromatic amines is 1. The Bertz CT molecular complexity index is 1510. The van der Waals surface area contributed by atoms with E-state index in [1.165, 1.54) is 6.07 Å². The molecule has 2 aromatic heterocycles. The topological polar surface area (TPSA) is 251 Å². The number of hydrogen-bond acceptors (Lipinski definition) is 13. The van der Waals surface area contributed by atoms with Gasteiger partial charge in [-0.05, 0) is 6.07 Å². The summed E-state index contributed by atoms with van der Waals surface area (Å²) in [6.45, 7) is -1.67. The normalized spacial score (nSPS) is 32.1. The molecule has 0 radical (unpaired) electrons. The van der Waals surface area contributed by atoms with Crippen molar-refractivity contribution < 1.29 is 47.7 Å². The predicted octanol–water partition coefficient (Wildman–Crippen LogP) is -3.08. The minimum atomic E-state index is -5.04. The first-order valence-electron chi connectivity index (χ1n) is 11.1. The number of ether oxygens (including phenoxy) is 2. The van der Waals surface area contributed by atoms with Crippen molar-refractivity contribution in [2.45, 2.75) is 48.9 Å². The summed E-state index contributed by atoms with van der Waals surface area (Å²) in [5.74, 6) is 0.503. The Labute approximate surface area is 216 Å². The molecule has 2 aliphatic heterocycles.